The Hall–Kier alpha value is 0.370. The minimum atomic E-state index is 0.681. The molecule has 0 aromatic carbocycles. The van der Waals surface area contributed by atoms with E-state index in [0.29, 0.717) is 6.04 Å². The molecule has 0 unspecified atom stereocenters. The summed E-state index contributed by atoms with van der Waals surface area (Å²) >= 11 is 4.03. The average Bonchev–Trinajstić information content (AvgIpc) is 2.82. The maximum absolute atomic E-state index is 3.53. The Bertz CT molecular complexity index is 241. The lowest BCUT2D eigenvalue weighted by Gasteiger charge is -2.01. The molecule has 1 aliphatic rings. The molecule has 1 rings (SSSR count). The molecule has 0 saturated heterocycles. The van der Waals surface area contributed by atoms with E-state index in [1.165, 1.54) is 80.1 Å². The summed E-state index contributed by atoms with van der Waals surface area (Å²) in [5.74, 6) is 2.55. The summed E-state index contributed by atoms with van der Waals surface area (Å²) in [4.78, 5) is 3.53. The molecule has 0 amide bonds. The highest BCUT2D eigenvalue weighted by atomic mass is 32.2. The maximum Gasteiger partial charge on any atom is 0.268 e. The molecule has 0 radical (unpaired) electrons. The fourth-order valence-corrected chi connectivity index (χ4v) is 4.70. The highest BCUT2D eigenvalue weighted by Gasteiger charge is 2.20. The van der Waals surface area contributed by atoms with E-state index in [0.717, 1.165) is 0 Å². The van der Waals surface area contributed by atoms with Gasteiger partial charge in [-0.3, -0.25) is 0 Å². The van der Waals surface area contributed by atoms with Gasteiger partial charge in [0, 0.05) is 5.75 Å². The van der Waals surface area contributed by atoms with Crippen LogP contribution in [-0.4, -0.2) is 21.9 Å². The van der Waals surface area contributed by atoms with Gasteiger partial charge in [0.25, 0.3) is 4.38 Å². The van der Waals surface area contributed by atoms with Gasteiger partial charge in [0.05, 0.1) is 5.75 Å². The molecule has 1 N–H and O–H groups in total. The van der Waals surface area contributed by atoms with Crippen LogP contribution in [0.1, 0.15) is 78.1 Å². The molecule has 0 spiro atoms. The molecule has 0 aromatic heterocycles. The Labute approximate surface area is 128 Å². The standard InChI is InChI=1S/C16H31NS2/c1-3-4-5-6-7-8-9-10-11-12-13-18-16-17-15(2)14-19-16/h15H,3-14H2,1-2H3/p+1/t15-/m1/s1. The van der Waals surface area contributed by atoms with Crippen molar-refractivity contribution in [2.45, 2.75) is 84.1 Å². The first-order valence-electron chi connectivity index (χ1n) is 8.22. The minimum Gasteiger partial charge on any atom is -0.228 e. The van der Waals surface area contributed by atoms with Gasteiger partial charge >= 0.3 is 0 Å². The Morgan fingerprint density at radius 1 is 1.00 bits per heavy atom. The molecule has 1 nitrogen and oxygen atoms in total. The van der Waals surface area contributed by atoms with Crippen molar-refractivity contribution in [3.8, 4) is 0 Å². The highest BCUT2D eigenvalue weighted by molar-refractivity contribution is 8.38. The molecular weight excluding hydrogens is 270 g/mol. The van der Waals surface area contributed by atoms with Crippen molar-refractivity contribution in [1.29, 1.82) is 0 Å². The molecule has 1 heterocycles. The first-order chi connectivity index (χ1) is 9.33. The predicted molar refractivity (Wildman–Crippen MR) is 92.2 cm³/mol. The van der Waals surface area contributed by atoms with E-state index in [-0.39, 0.29) is 0 Å². The number of hydrogen-bond acceptors (Lipinski definition) is 2. The van der Waals surface area contributed by atoms with Crippen molar-refractivity contribution in [3.05, 3.63) is 0 Å². The fraction of sp³-hybridized carbons (Fsp3) is 0.938. The molecule has 0 saturated carbocycles. The quantitative estimate of drug-likeness (QED) is 0.575. The molecule has 0 bridgehead atoms. The zero-order valence-electron chi connectivity index (χ0n) is 12.9. The second-order valence-corrected chi connectivity index (χ2v) is 8.07. The van der Waals surface area contributed by atoms with E-state index in [1.807, 2.05) is 23.5 Å². The summed E-state index contributed by atoms with van der Waals surface area (Å²) in [5.41, 5.74) is 0. The Morgan fingerprint density at radius 3 is 2.11 bits per heavy atom. The number of rotatable bonds is 11. The lowest BCUT2D eigenvalue weighted by molar-refractivity contribution is -0.482. The number of hydrogen-bond donors (Lipinski definition) is 1. The lowest BCUT2D eigenvalue weighted by atomic mass is 10.1. The third-order valence-electron chi connectivity index (χ3n) is 3.56. The normalized spacial score (nSPS) is 18.8. The summed E-state index contributed by atoms with van der Waals surface area (Å²) in [5, 5.41) is 0. The lowest BCUT2D eigenvalue weighted by Crippen LogP contribution is -2.74. The van der Waals surface area contributed by atoms with Gasteiger partial charge in [-0.25, -0.2) is 4.99 Å². The van der Waals surface area contributed by atoms with Gasteiger partial charge in [-0.05, 0) is 25.1 Å². The predicted octanol–water partition coefficient (Wildman–Crippen LogP) is 4.21. The van der Waals surface area contributed by atoms with Crippen LogP contribution in [0.4, 0.5) is 0 Å². The zero-order valence-corrected chi connectivity index (χ0v) is 14.5. The third kappa shape index (κ3) is 9.84. The first-order valence-corrected chi connectivity index (χ1v) is 10.2. The van der Waals surface area contributed by atoms with Crippen LogP contribution in [0, 0.1) is 0 Å². The maximum atomic E-state index is 3.53. The van der Waals surface area contributed by atoms with E-state index in [1.54, 1.807) is 0 Å². The smallest absolute Gasteiger partial charge is 0.228 e. The van der Waals surface area contributed by atoms with E-state index >= 15 is 0 Å². The summed E-state index contributed by atoms with van der Waals surface area (Å²) in [6.07, 6.45) is 14.4. The van der Waals surface area contributed by atoms with Gasteiger partial charge in [-0.1, -0.05) is 76.5 Å². The van der Waals surface area contributed by atoms with Gasteiger partial charge in [-0.2, -0.15) is 0 Å². The zero-order chi connectivity index (χ0) is 13.8. The largest absolute Gasteiger partial charge is 0.268 e. The molecular formula is C16H32NS2+. The fourth-order valence-electron chi connectivity index (χ4n) is 2.32. The summed E-state index contributed by atoms with van der Waals surface area (Å²) in [6, 6.07) is 0.681. The van der Waals surface area contributed by atoms with Crippen molar-refractivity contribution in [1.82, 2.24) is 0 Å². The Balaban J connectivity index is 1.75. The third-order valence-corrected chi connectivity index (χ3v) is 6.19. The molecule has 0 aliphatic carbocycles. The van der Waals surface area contributed by atoms with Crippen LogP contribution in [0.2, 0.25) is 0 Å². The van der Waals surface area contributed by atoms with E-state index in [9.17, 15) is 0 Å². The molecule has 1 atom stereocenters. The van der Waals surface area contributed by atoms with Crippen LogP contribution in [-0.2, 0) is 0 Å². The van der Waals surface area contributed by atoms with E-state index < -0.39 is 0 Å². The number of unbranched alkanes of at least 4 members (excludes halogenated alkanes) is 9. The molecule has 112 valence electrons. The molecule has 0 aromatic rings. The van der Waals surface area contributed by atoms with Gasteiger partial charge in [0.2, 0.25) is 0 Å². The van der Waals surface area contributed by atoms with Gasteiger partial charge in [0.1, 0.15) is 0 Å². The van der Waals surface area contributed by atoms with Crippen LogP contribution >= 0.6 is 23.5 Å². The van der Waals surface area contributed by atoms with Gasteiger partial charge in [0.15, 0.2) is 6.04 Å². The molecule has 19 heavy (non-hydrogen) atoms. The Morgan fingerprint density at radius 2 is 1.58 bits per heavy atom. The van der Waals surface area contributed by atoms with Crippen molar-refractivity contribution < 1.29 is 4.99 Å². The van der Waals surface area contributed by atoms with Crippen LogP contribution in [0.25, 0.3) is 0 Å². The van der Waals surface area contributed by atoms with E-state index in [4.69, 9.17) is 0 Å². The van der Waals surface area contributed by atoms with E-state index in [2.05, 4.69) is 18.8 Å². The monoisotopic (exact) mass is 302 g/mol. The summed E-state index contributed by atoms with van der Waals surface area (Å²) in [7, 11) is 0. The molecule has 3 heteroatoms. The van der Waals surface area contributed by atoms with Crippen molar-refractivity contribution in [2.24, 2.45) is 0 Å². The van der Waals surface area contributed by atoms with Crippen molar-refractivity contribution in [3.63, 3.8) is 0 Å². The molecule has 0 fully saturated rings. The summed E-state index contributed by atoms with van der Waals surface area (Å²) in [6.45, 7) is 4.55. The van der Waals surface area contributed by atoms with Crippen LogP contribution in [0.3, 0.4) is 0 Å². The van der Waals surface area contributed by atoms with Gasteiger partial charge in [-0.15, -0.1) is 0 Å². The highest BCUT2D eigenvalue weighted by Crippen LogP contribution is 2.18. The average molecular weight is 303 g/mol. The minimum absolute atomic E-state index is 0.681. The topological polar surface area (TPSA) is 14.0 Å². The number of nitrogens with one attached hydrogen (secondary N) is 1. The SMILES string of the molecule is CCCCCCCCCCCCSC1=[NH+][C@H](C)CS1. The van der Waals surface area contributed by atoms with Gasteiger partial charge < -0.3 is 0 Å². The van der Waals surface area contributed by atoms with Crippen LogP contribution in [0.15, 0.2) is 0 Å². The first kappa shape index (κ1) is 17.4. The second kappa shape index (κ2) is 12.1. The van der Waals surface area contributed by atoms with Crippen molar-refractivity contribution in [2.75, 3.05) is 11.5 Å². The second-order valence-electron chi connectivity index (χ2n) is 5.67. The van der Waals surface area contributed by atoms with Crippen molar-refractivity contribution >= 4 is 27.9 Å². The summed E-state index contributed by atoms with van der Waals surface area (Å²) < 4.78 is 1.46. The Kier molecular flexibility index (Phi) is 11.1. The number of thioether (sulfide) groups is 2. The van der Waals surface area contributed by atoms with Crippen LogP contribution < -0.4 is 4.99 Å². The molecule has 1 aliphatic heterocycles. The van der Waals surface area contributed by atoms with Crippen LogP contribution in [0.5, 0.6) is 0 Å².